The number of anilines is 1. The highest BCUT2D eigenvalue weighted by molar-refractivity contribution is 5.95. The van der Waals surface area contributed by atoms with Crippen molar-refractivity contribution < 1.29 is 14.3 Å². The van der Waals surface area contributed by atoms with E-state index >= 15 is 0 Å². The molecule has 2 amide bonds. The lowest BCUT2D eigenvalue weighted by molar-refractivity contribution is -0.121. The first kappa shape index (κ1) is 15.1. The van der Waals surface area contributed by atoms with Gasteiger partial charge in [-0.05, 0) is 30.2 Å². The molecule has 118 valence electrons. The molecule has 0 saturated heterocycles. The fourth-order valence-electron chi connectivity index (χ4n) is 2.54. The summed E-state index contributed by atoms with van der Waals surface area (Å²) >= 11 is 0. The molecule has 2 N–H and O–H groups in total. The highest BCUT2D eigenvalue weighted by atomic mass is 16.5. The van der Waals surface area contributed by atoms with Crippen LogP contribution in [0.4, 0.5) is 5.69 Å². The number of rotatable bonds is 4. The van der Waals surface area contributed by atoms with Gasteiger partial charge in [0.15, 0.2) is 6.61 Å². The summed E-state index contributed by atoms with van der Waals surface area (Å²) in [6.07, 6.45) is 0.250. The van der Waals surface area contributed by atoms with Crippen LogP contribution in [0.1, 0.15) is 24.1 Å². The van der Waals surface area contributed by atoms with Crippen LogP contribution in [0, 0.1) is 0 Å². The van der Waals surface area contributed by atoms with Crippen LogP contribution in [0.25, 0.3) is 0 Å². The van der Waals surface area contributed by atoms with Crippen LogP contribution >= 0.6 is 0 Å². The summed E-state index contributed by atoms with van der Waals surface area (Å²) in [7, 11) is 0. The summed E-state index contributed by atoms with van der Waals surface area (Å²) in [5.41, 5.74) is 2.50. The number of fused-ring (bicyclic) bond motifs is 1. The SMILES string of the molecule is CC(NC(=O)Cc1ccc2c(c1)NC(=O)CO2)c1ccccc1. The Hall–Kier alpha value is -2.82. The Balaban J connectivity index is 1.64. The van der Waals surface area contributed by atoms with Gasteiger partial charge in [0, 0.05) is 0 Å². The Bertz CT molecular complexity index is 728. The van der Waals surface area contributed by atoms with E-state index < -0.39 is 0 Å². The third-order valence-corrected chi connectivity index (χ3v) is 3.72. The van der Waals surface area contributed by atoms with E-state index in [0.29, 0.717) is 11.4 Å². The quantitative estimate of drug-likeness (QED) is 0.911. The zero-order valence-corrected chi connectivity index (χ0v) is 12.8. The summed E-state index contributed by atoms with van der Waals surface area (Å²) in [4.78, 5) is 23.5. The van der Waals surface area contributed by atoms with Crippen molar-refractivity contribution in [3.05, 3.63) is 59.7 Å². The van der Waals surface area contributed by atoms with E-state index in [2.05, 4.69) is 10.6 Å². The molecule has 0 bridgehead atoms. The van der Waals surface area contributed by atoms with Gasteiger partial charge >= 0.3 is 0 Å². The standard InChI is InChI=1S/C18H18N2O3/c1-12(14-5-3-2-4-6-14)19-17(21)10-13-7-8-16-15(9-13)20-18(22)11-23-16/h2-9,12H,10-11H2,1H3,(H,19,21)(H,20,22). The highest BCUT2D eigenvalue weighted by Crippen LogP contribution is 2.28. The van der Waals surface area contributed by atoms with Gasteiger partial charge in [-0.2, -0.15) is 0 Å². The van der Waals surface area contributed by atoms with Crippen molar-refractivity contribution in [2.45, 2.75) is 19.4 Å². The first-order chi connectivity index (χ1) is 11.1. The molecular weight excluding hydrogens is 292 g/mol. The topological polar surface area (TPSA) is 67.4 Å². The fraction of sp³-hybridized carbons (Fsp3) is 0.222. The molecule has 0 saturated carbocycles. The van der Waals surface area contributed by atoms with E-state index in [1.54, 1.807) is 12.1 Å². The number of hydrogen-bond acceptors (Lipinski definition) is 3. The number of ether oxygens (including phenoxy) is 1. The van der Waals surface area contributed by atoms with Gasteiger partial charge in [0.05, 0.1) is 18.2 Å². The van der Waals surface area contributed by atoms with E-state index in [4.69, 9.17) is 4.74 Å². The van der Waals surface area contributed by atoms with Gasteiger partial charge in [-0.1, -0.05) is 36.4 Å². The third kappa shape index (κ3) is 3.69. The summed E-state index contributed by atoms with van der Waals surface area (Å²) in [5, 5.41) is 5.72. The molecule has 1 heterocycles. The van der Waals surface area contributed by atoms with Crippen molar-refractivity contribution in [3.8, 4) is 5.75 Å². The number of carbonyl (C=O) groups is 2. The predicted molar refractivity (Wildman–Crippen MR) is 87.3 cm³/mol. The van der Waals surface area contributed by atoms with E-state index in [1.165, 1.54) is 0 Å². The molecule has 0 radical (unpaired) electrons. The van der Waals surface area contributed by atoms with E-state index in [0.717, 1.165) is 11.1 Å². The Morgan fingerprint density at radius 3 is 2.83 bits per heavy atom. The number of carbonyl (C=O) groups excluding carboxylic acids is 2. The first-order valence-electron chi connectivity index (χ1n) is 7.52. The normalized spacial score (nSPS) is 14.2. The summed E-state index contributed by atoms with van der Waals surface area (Å²) in [6, 6.07) is 15.1. The second-order valence-corrected chi connectivity index (χ2v) is 5.54. The number of nitrogens with one attached hydrogen (secondary N) is 2. The molecule has 5 heteroatoms. The van der Waals surface area contributed by atoms with E-state index in [-0.39, 0.29) is 30.9 Å². The van der Waals surface area contributed by atoms with E-state index in [1.807, 2.05) is 43.3 Å². The average molecular weight is 310 g/mol. The molecule has 1 unspecified atom stereocenters. The molecule has 0 fully saturated rings. The molecule has 2 aromatic carbocycles. The Morgan fingerprint density at radius 2 is 2.04 bits per heavy atom. The molecule has 3 rings (SSSR count). The van der Waals surface area contributed by atoms with Crippen molar-refractivity contribution in [3.63, 3.8) is 0 Å². The molecule has 1 aliphatic heterocycles. The lowest BCUT2D eigenvalue weighted by atomic mass is 10.1. The monoisotopic (exact) mass is 310 g/mol. The zero-order chi connectivity index (χ0) is 16.2. The van der Waals surface area contributed by atoms with Gasteiger partial charge in [-0.3, -0.25) is 9.59 Å². The molecule has 1 atom stereocenters. The first-order valence-corrected chi connectivity index (χ1v) is 7.52. The van der Waals surface area contributed by atoms with Crippen LogP contribution in [-0.2, 0) is 16.0 Å². The minimum Gasteiger partial charge on any atom is -0.482 e. The molecule has 0 spiro atoms. The van der Waals surface area contributed by atoms with Gasteiger partial charge in [0.2, 0.25) is 5.91 Å². The second-order valence-electron chi connectivity index (χ2n) is 5.54. The van der Waals surface area contributed by atoms with Crippen molar-refractivity contribution in [2.75, 3.05) is 11.9 Å². The predicted octanol–water partition coefficient (Wildman–Crippen LogP) is 2.44. The fourth-order valence-corrected chi connectivity index (χ4v) is 2.54. The van der Waals surface area contributed by atoms with Crippen molar-refractivity contribution in [1.29, 1.82) is 0 Å². The van der Waals surface area contributed by atoms with Crippen LogP contribution in [0.3, 0.4) is 0 Å². The molecule has 2 aromatic rings. The van der Waals surface area contributed by atoms with Crippen molar-refractivity contribution in [1.82, 2.24) is 5.32 Å². The van der Waals surface area contributed by atoms with Gasteiger partial charge in [-0.15, -0.1) is 0 Å². The smallest absolute Gasteiger partial charge is 0.262 e. The minimum atomic E-state index is -0.184. The van der Waals surface area contributed by atoms with Crippen molar-refractivity contribution in [2.24, 2.45) is 0 Å². The van der Waals surface area contributed by atoms with Gasteiger partial charge in [0.25, 0.3) is 5.91 Å². The summed E-state index contributed by atoms with van der Waals surface area (Å²) in [6.45, 7) is 1.98. The van der Waals surface area contributed by atoms with E-state index in [9.17, 15) is 9.59 Å². The minimum absolute atomic E-state index is 0.0292. The number of amides is 2. The Labute approximate surface area is 134 Å². The maximum Gasteiger partial charge on any atom is 0.262 e. The van der Waals surface area contributed by atoms with Crippen molar-refractivity contribution >= 4 is 17.5 Å². The molecular formula is C18H18N2O3. The van der Waals surface area contributed by atoms with Crippen LogP contribution in [0.2, 0.25) is 0 Å². The summed E-state index contributed by atoms with van der Waals surface area (Å²) < 4.78 is 5.31. The number of benzene rings is 2. The van der Waals surface area contributed by atoms with Crippen LogP contribution in [0.5, 0.6) is 5.75 Å². The molecule has 5 nitrogen and oxygen atoms in total. The zero-order valence-electron chi connectivity index (χ0n) is 12.8. The lowest BCUT2D eigenvalue weighted by Gasteiger charge is -2.19. The molecule has 23 heavy (non-hydrogen) atoms. The largest absolute Gasteiger partial charge is 0.482 e. The van der Waals surface area contributed by atoms with Crippen LogP contribution < -0.4 is 15.4 Å². The van der Waals surface area contributed by atoms with Gasteiger partial charge in [-0.25, -0.2) is 0 Å². The highest BCUT2D eigenvalue weighted by Gasteiger charge is 2.17. The van der Waals surface area contributed by atoms with Crippen LogP contribution in [0.15, 0.2) is 48.5 Å². The van der Waals surface area contributed by atoms with Gasteiger partial charge in [0.1, 0.15) is 5.75 Å². The third-order valence-electron chi connectivity index (χ3n) is 3.72. The second kappa shape index (κ2) is 6.52. The lowest BCUT2D eigenvalue weighted by Crippen LogP contribution is -2.28. The number of hydrogen-bond donors (Lipinski definition) is 2. The summed E-state index contributed by atoms with van der Waals surface area (Å²) in [5.74, 6) is 0.382. The molecule has 0 aromatic heterocycles. The Morgan fingerprint density at radius 1 is 1.26 bits per heavy atom. The maximum atomic E-state index is 12.2. The Kier molecular flexibility index (Phi) is 4.28. The van der Waals surface area contributed by atoms with Gasteiger partial charge < -0.3 is 15.4 Å². The molecule has 0 aliphatic carbocycles. The van der Waals surface area contributed by atoms with Crippen LogP contribution in [-0.4, -0.2) is 18.4 Å². The average Bonchev–Trinajstić information content (AvgIpc) is 2.55. The molecule has 1 aliphatic rings. The maximum absolute atomic E-state index is 12.2.